The van der Waals surface area contributed by atoms with Gasteiger partial charge in [-0.3, -0.25) is 9.59 Å². The van der Waals surface area contributed by atoms with E-state index >= 15 is 0 Å². The van der Waals surface area contributed by atoms with E-state index in [9.17, 15) is 9.59 Å². The quantitative estimate of drug-likeness (QED) is 0.753. The van der Waals surface area contributed by atoms with E-state index in [1.165, 1.54) is 21.3 Å². The molecule has 0 aliphatic carbocycles. The fraction of sp³-hybridized carbons (Fsp3) is 0.158. The van der Waals surface area contributed by atoms with Gasteiger partial charge in [0, 0.05) is 11.6 Å². The van der Waals surface area contributed by atoms with Crippen molar-refractivity contribution in [2.75, 3.05) is 26.2 Å². The van der Waals surface area contributed by atoms with Crippen LogP contribution in [0.15, 0.2) is 47.5 Å². The van der Waals surface area contributed by atoms with Crippen LogP contribution in [0.3, 0.4) is 0 Å². The number of para-hydroxylation sites is 1. The molecule has 1 heterocycles. The zero-order chi connectivity index (χ0) is 18.8. The van der Waals surface area contributed by atoms with Gasteiger partial charge in [0.15, 0.2) is 0 Å². The average molecular weight is 374 g/mol. The Morgan fingerprint density at radius 2 is 1.54 bits per heavy atom. The number of halogens is 1. The van der Waals surface area contributed by atoms with Gasteiger partial charge in [-0.25, -0.2) is 4.90 Å². The second-order valence-corrected chi connectivity index (χ2v) is 5.75. The summed E-state index contributed by atoms with van der Waals surface area (Å²) >= 11 is 6.24. The second-order valence-electron chi connectivity index (χ2n) is 5.37. The lowest BCUT2D eigenvalue weighted by atomic mass is 10.0. The number of imide groups is 1. The first-order valence-corrected chi connectivity index (χ1v) is 8.05. The number of nitrogens with zero attached hydrogens (tertiary/aromatic N) is 1. The third-order valence-electron chi connectivity index (χ3n) is 4.03. The molecule has 0 fully saturated rings. The molecule has 0 saturated heterocycles. The number of hydrogen-bond donors (Lipinski definition) is 0. The summed E-state index contributed by atoms with van der Waals surface area (Å²) in [7, 11) is 4.43. The van der Waals surface area contributed by atoms with E-state index in [2.05, 4.69) is 0 Å². The highest BCUT2D eigenvalue weighted by Gasteiger charge is 2.41. The Hall–Kier alpha value is -2.99. The van der Waals surface area contributed by atoms with Crippen LogP contribution in [-0.4, -0.2) is 33.1 Å². The molecule has 7 heteroatoms. The number of rotatable bonds is 5. The van der Waals surface area contributed by atoms with E-state index in [0.29, 0.717) is 22.8 Å². The minimum Gasteiger partial charge on any atom is -0.497 e. The number of carbonyl (C=O) groups excluding carboxylic acids is 2. The molecule has 0 N–H and O–H groups in total. The molecule has 0 spiro atoms. The van der Waals surface area contributed by atoms with Crippen molar-refractivity contribution >= 4 is 34.7 Å². The van der Waals surface area contributed by atoms with Crippen LogP contribution in [0.5, 0.6) is 17.2 Å². The molecule has 6 nitrogen and oxygen atoms in total. The average Bonchev–Trinajstić information content (AvgIpc) is 2.89. The molecular weight excluding hydrogens is 358 g/mol. The summed E-state index contributed by atoms with van der Waals surface area (Å²) < 4.78 is 15.8. The van der Waals surface area contributed by atoms with Crippen molar-refractivity contribution in [3.05, 3.63) is 53.1 Å². The van der Waals surface area contributed by atoms with Crippen molar-refractivity contribution in [3.8, 4) is 17.2 Å². The molecule has 2 amide bonds. The van der Waals surface area contributed by atoms with Crippen LogP contribution in [0.25, 0.3) is 5.57 Å². The number of methoxy groups -OCH3 is 3. The zero-order valence-electron chi connectivity index (χ0n) is 14.4. The van der Waals surface area contributed by atoms with E-state index in [1.54, 1.807) is 42.5 Å². The van der Waals surface area contributed by atoms with Crippen molar-refractivity contribution in [3.63, 3.8) is 0 Å². The largest absolute Gasteiger partial charge is 0.497 e. The molecule has 0 atom stereocenters. The van der Waals surface area contributed by atoms with Crippen LogP contribution in [-0.2, 0) is 9.59 Å². The molecule has 0 saturated carbocycles. The first-order valence-electron chi connectivity index (χ1n) is 7.67. The van der Waals surface area contributed by atoms with E-state index in [4.69, 9.17) is 25.8 Å². The number of ether oxygens (including phenoxy) is 3. The number of anilines is 1. The van der Waals surface area contributed by atoms with Gasteiger partial charge in [-0.2, -0.15) is 0 Å². The van der Waals surface area contributed by atoms with Gasteiger partial charge in [0.05, 0.1) is 32.6 Å². The summed E-state index contributed by atoms with van der Waals surface area (Å²) in [6.45, 7) is 0. The minimum atomic E-state index is -0.635. The number of amides is 2. The highest BCUT2D eigenvalue weighted by atomic mass is 35.5. The maximum atomic E-state index is 13.1. The Balaban J connectivity index is 2.13. The van der Waals surface area contributed by atoms with Gasteiger partial charge in [0.1, 0.15) is 22.3 Å². The maximum Gasteiger partial charge on any atom is 0.277 e. The number of benzene rings is 2. The highest BCUT2D eigenvalue weighted by molar-refractivity contribution is 6.60. The lowest BCUT2D eigenvalue weighted by molar-refractivity contribution is -0.119. The van der Waals surface area contributed by atoms with Crippen LogP contribution in [0.4, 0.5) is 5.69 Å². The molecule has 0 bridgehead atoms. The van der Waals surface area contributed by atoms with Gasteiger partial charge in [-0.05, 0) is 18.2 Å². The van der Waals surface area contributed by atoms with Crippen molar-refractivity contribution in [2.24, 2.45) is 0 Å². The molecule has 3 rings (SSSR count). The third kappa shape index (κ3) is 2.78. The fourth-order valence-corrected chi connectivity index (χ4v) is 3.05. The predicted molar refractivity (Wildman–Crippen MR) is 97.8 cm³/mol. The standard InChI is InChI=1S/C19H16ClNO5/c1-24-11-8-9-15(26-3)13(10-11)21-18(22)16(17(20)19(21)23)12-6-4-5-7-14(12)25-2/h4-10H,1-3H3. The van der Waals surface area contributed by atoms with Crippen LogP contribution >= 0.6 is 11.6 Å². The normalized spacial score (nSPS) is 14.1. The zero-order valence-corrected chi connectivity index (χ0v) is 15.2. The lowest BCUT2D eigenvalue weighted by Crippen LogP contribution is -2.31. The molecule has 2 aromatic rings. The first kappa shape index (κ1) is 17.8. The fourth-order valence-electron chi connectivity index (χ4n) is 2.78. The first-order chi connectivity index (χ1) is 12.5. The Bertz CT molecular complexity index is 922. The van der Waals surface area contributed by atoms with Crippen LogP contribution in [0.1, 0.15) is 5.56 Å². The molecule has 0 unspecified atom stereocenters. The number of carbonyl (C=O) groups is 2. The van der Waals surface area contributed by atoms with E-state index in [-0.39, 0.29) is 16.3 Å². The molecular formula is C19H16ClNO5. The van der Waals surface area contributed by atoms with Gasteiger partial charge in [-0.1, -0.05) is 29.8 Å². The van der Waals surface area contributed by atoms with Crippen LogP contribution in [0, 0.1) is 0 Å². The molecule has 0 aromatic heterocycles. The van der Waals surface area contributed by atoms with Crippen LogP contribution in [0.2, 0.25) is 0 Å². The summed E-state index contributed by atoms with van der Waals surface area (Å²) in [5, 5.41) is -0.177. The van der Waals surface area contributed by atoms with Gasteiger partial charge in [0.2, 0.25) is 0 Å². The SMILES string of the molecule is COc1ccc(OC)c(N2C(=O)C(Cl)=C(c3ccccc3OC)C2=O)c1. The second kappa shape index (κ2) is 7.09. The molecule has 1 aliphatic heterocycles. The molecule has 134 valence electrons. The van der Waals surface area contributed by atoms with E-state index < -0.39 is 11.8 Å². The Kier molecular flexibility index (Phi) is 4.86. The molecule has 0 radical (unpaired) electrons. The molecule has 2 aromatic carbocycles. The monoisotopic (exact) mass is 373 g/mol. The smallest absolute Gasteiger partial charge is 0.277 e. The Morgan fingerprint density at radius 1 is 0.846 bits per heavy atom. The van der Waals surface area contributed by atoms with E-state index in [0.717, 1.165) is 4.90 Å². The number of hydrogen-bond acceptors (Lipinski definition) is 5. The van der Waals surface area contributed by atoms with Gasteiger partial charge < -0.3 is 14.2 Å². The lowest BCUT2D eigenvalue weighted by Gasteiger charge is -2.19. The highest BCUT2D eigenvalue weighted by Crippen LogP contribution is 2.42. The van der Waals surface area contributed by atoms with Crippen LogP contribution < -0.4 is 19.1 Å². The predicted octanol–water partition coefficient (Wildman–Crippen LogP) is 3.24. The van der Waals surface area contributed by atoms with Gasteiger partial charge in [-0.15, -0.1) is 0 Å². The molecule has 1 aliphatic rings. The van der Waals surface area contributed by atoms with E-state index in [1.807, 2.05) is 0 Å². The Morgan fingerprint density at radius 3 is 2.19 bits per heavy atom. The summed E-state index contributed by atoms with van der Waals surface area (Å²) in [5.74, 6) is 0.0722. The minimum absolute atomic E-state index is 0.0824. The van der Waals surface area contributed by atoms with Gasteiger partial charge >= 0.3 is 0 Å². The maximum absolute atomic E-state index is 13.1. The summed E-state index contributed by atoms with van der Waals surface area (Å²) in [5.41, 5.74) is 0.784. The summed E-state index contributed by atoms with van der Waals surface area (Å²) in [6.07, 6.45) is 0. The molecule has 26 heavy (non-hydrogen) atoms. The summed E-state index contributed by atoms with van der Waals surface area (Å²) in [6, 6.07) is 11.7. The third-order valence-corrected chi connectivity index (χ3v) is 4.38. The Labute approximate surface area is 155 Å². The van der Waals surface area contributed by atoms with Crippen molar-refractivity contribution < 1.29 is 23.8 Å². The van der Waals surface area contributed by atoms with Crippen molar-refractivity contribution in [2.45, 2.75) is 0 Å². The van der Waals surface area contributed by atoms with Gasteiger partial charge in [0.25, 0.3) is 11.8 Å². The van der Waals surface area contributed by atoms with Crippen molar-refractivity contribution in [1.82, 2.24) is 0 Å². The topological polar surface area (TPSA) is 65.1 Å². The summed E-state index contributed by atoms with van der Waals surface area (Å²) in [4.78, 5) is 26.8. The van der Waals surface area contributed by atoms with Crippen molar-refractivity contribution in [1.29, 1.82) is 0 Å².